The Morgan fingerprint density at radius 2 is 1.67 bits per heavy atom. The third-order valence-electron chi connectivity index (χ3n) is 4.75. The summed E-state index contributed by atoms with van der Waals surface area (Å²) in [4.78, 5) is 14.6. The molecule has 0 aromatic heterocycles. The van der Waals surface area contributed by atoms with Crippen molar-refractivity contribution in [2.75, 3.05) is 20.6 Å². The summed E-state index contributed by atoms with van der Waals surface area (Å²) in [5, 5.41) is 15.5. The standard InChI is InChI=1S/C22H31N3O2/c1-16(2)21(18-8-6-5-7-9-18)24-22(27)23-15-19(25(3)4)14-17-10-12-20(26)13-11-17/h5-13,16,19,21,26H,14-15H2,1-4H3,(H2,23,24,27)/t19-,21-/m0/s1. The number of rotatable bonds is 8. The van der Waals surface area contributed by atoms with Gasteiger partial charge in [-0.3, -0.25) is 0 Å². The summed E-state index contributed by atoms with van der Waals surface area (Å²) in [6.45, 7) is 4.75. The van der Waals surface area contributed by atoms with Gasteiger partial charge in [0, 0.05) is 12.6 Å². The molecule has 2 rings (SSSR count). The zero-order valence-corrected chi connectivity index (χ0v) is 16.6. The van der Waals surface area contributed by atoms with Crippen LogP contribution in [0.4, 0.5) is 4.79 Å². The number of carbonyl (C=O) groups excluding carboxylic acids is 1. The van der Waals surface area contributed by atoms with Gasteiger partial charge in [0.05, 0.1) is 6.04 Å². The molecule has 2 amide bonds. The molecule has 0 bridgehead atoms. The fraction of sp³-hybridized carbons (Fsp3) is 0.409. The molecule has 2 aromatic carbocycles. The molecule has 2 aromatic rings. The molecule has 2 atom stereocenters. The van der Waals surface area contributed by atoms with Crippen molar-refractivity contribution in [2.45, 2.75) is 32.4 Å². The van der Waals surface area contributed by atoms with E-state index in [-0.39, 0.29) is 23.9 Å². The van der Waals surface area contributed by atoms with E-state index >= 15 is 0 Å². The van der Waals surface area contributed by atoms with Gasteiger partial charge in [-0.05, 0) is 49.7 Å². The number of benzene rings is 2. The zero-order valence-electron chi connectivity index (χ0n) is 16.6. The van der Waals surface area contributed by atoms with E-state index in [0.29, 0.717) is 12.5 Å². The number of hydrogen-bond donors (Lipinski definition) is 3. The van der Waals surface area contributed by atoms with E-state index in [1.54, 1.807) is 12.1 Å². The van der Waals surface area contributed by atoms with E-state index in [2.05, 4.69) is 29.4 Å². The lowest BCUT2D eigenvalue weighted by Gasteiger charge is -2.27. The van der Waals surface area contributed by atoms with Crippen LogP contribution in [0.5, 0.6) is 5.75 Å². The molecular formula is C22H31N3O2. The number of hydrogen-bond acceptors (Lipinski definition) is 3. The molecule has 0 aliphatic heterocycles. The fourth-order valence-corrected chi connectivity index (χ4v) is 3.04. The summed E-state index contributed by atoms with van der Waals surface area (Å²) in [5.41, 5.74) is 2.23. The quantitative estimate of drug-likeness (QED) is 0.667. The molecule has 0 saturated heterocycles. The molecule has 0 heterocycles. The molecule has 0 fully saturated rings. The SMILES string of the molecule is CC(C)[C@H](NC(=O)NC[C@H](Cc1ccc(O)cc1)N(C)C)c1ccccc1. The van der Waals surface area contributed by atoms with Crippen molar-refractivity contribution in [3.63, 3.8) is 0 Å². The lowest BCUT2D eigenvalue weighted by molar-refractivity contribution is 0.225. The second kappa shape index (κ2) is 9.97. The Bertz CT molecular complexity index is 699. The number of carbonyl (C=O) groups is 1. The maximum Gasteiger partial charge on any atom is 0.315 e. The number of nitrogens with one attached hydrogen (secondary N) is 2. The molecule has 0 saturated carbocycles. The van der Waals surface area contributed by atoms with Gasteiger partial charge < -0.3 is 20.6 Å². The number of phenolic OH excluding ortho intramolecular Hbond substituents is 1. The Hall–Kier alpha value is -2.53. The summed E-state index contributed by atoms with van der Waals surface area (Å²) in [7, 11) is 4.01. The van der Waals surface area contributed by atoms with Gasteiger partial charge in [0.25, 0.3) is 0 Å². The first-order valence-corrected chi connectivity index (χ1v) is 9.40. The van der Waals surface area contributed by atoms with Crippen molar-refractivity contribution in [3.05, 3.63) is 65.7 Å². The van der Waals surface area contributed by atoms with Gasteiger partial charge >= 0.3 is 6.03 Å². The largest absolute Gasteiger partial charge is 0.508 e. The van der Waals surface area contributed by atoms with Gasteiger partial charge in [-0.25, -0.2) is 4.79 Å². The highest BCUT2D eigenvalue weighted by molar-refractivity contribution is 5.74. The normalized spacial score (nSPS) is 13.4. The molecule has 0 aliphatic rings. The van der Waals surface area contributed by atoms with Crippen molar-refractivity contribution in [2.24, 2.45) is 5.92 Å². The van der Waals surface area contributed by atoms with Crippen LogP contribution in [0.25, 0.3) is 0 Å². The van der Waals surface area contributed by atoms with E-state index in [4.69, 9.17) is 0 Å². The van der Waals surface area contributed by atoms with E-state index in [1.165, 1.54) is 0 Å². The first kappa shape index (κ1) is 20.8. The molecule has 0 unspecified atom stereocenters. The Labute approximate surface area is 162 Å². The molecule has 0 spiro atoms. The topological polar surface area (TPSA) is 64.6 Å². The van der Waals surface area contributed by atoms with Gasteiger partial charge in [0.15, 0.2) is 0 Å². The minimum Gasteiger partial charge on any atom is -0.508 e. The second-order valence-electron chi connectivity index (χ2n) is 7.47. The van der Waals surface area contributed by atoms with E-state index in [0.717, 1.165) is 17.5 Å². The smallest absolute Gasteiger partial charge is 0.315 e. The predicted molar refractivity (Wildman–Crippen MR) is 110 cm³/mol. The molecule has 5 nitrogen and oxygen atoms in total. The number of amides is 2. The molecule has 5 heteroatoms. The van der Waals surface area contributed by atoms with Crippen LogP contribution in [-0.2, 0) is 6.42 Å². The van der Waals surface area contributed by atoms with Gasteiger partial charge in [0.2, 0.25) is 0 Å². The van der Waals surface area contributed by atoms with Crippen LogP contribution >= 0.6 is 0 Å². The monoisotopic (exact) mass is 369 g/mol. The number of likely N-dealkylation sites (N-methyl/N-ethyl adjacent to an activating group) is 1. The van der Waals surface area contributed by atoms with Crippen LogP contribution in [0.3, 0.4) is 0 Å². The van der Waals surface area contributed by atoms with Crippen molar-refractivity contribution in [1.82, 2.24) is 15.5 Å². The average Bonchev–Trinajstić information content (AvgIpc) is 2.65. The van der Waals surface area contributed by atoms with Crippen LogP contribution < -0.4 is 10.6 Å². The fourth-order valence-electron chi connectivity index (χ4n) is 3.04. The van der Waals surface area contributed by atoms with Crippen molar-refractivity contribution < 1.29 is 9.90 Å². The Balaban J connectivity index is 1.93. The maximum absolute atomic E-state index is 12.5. The second-order valence-corrected chi connectivity index (χ2v) is 7.47. The van der Waals surface area contributed by atoms with E-state index < -0.39 is 0 Å². The molecule has 3 N–H and O–H groups in total. The minimum atomic E-state index is -0.157. The summed E-state index contributed by atoms with van der Waals surface area (Å²) in [5.74, 6) is 0.554. The highest BCUT2D eigenvalue weighted by Gasteiger charge is 2.19. The van der Waals surface area contributed by atoms with Crippen molar-refractivity contribution in [3.8, 4) is 5.75 Å². The molecule has 0 aliphatic carbocycles. The zero-order chi connectivity index (χ0) is 19.8. The third kappa shape index (κ3) is 6.61. The molecule has 27 heavy (non-hydrogen) atoms. The predicted octanol–water partition coefficient (Wildman–Crippen LogP) is 3.56. The van der Waals surface area contributed by atoms with Crippen molar-refractivity contribution >= 4 is 6.03 Å². The number of nitrogens with zero attached hydrogens (tertiary/aromatic N) is 1. The highest BCUT2D eigenvalue weighted by atomic mass is 16.3. The minimum absolute atomic E-state index is 0.0268. The summed E-state index contributed by atoms with van der Waals surface area (Å²) in [6.07, 6.45) is 0.792. The van der Waals surface area contributed by atoms with Gasteiger partial charge in [-0.15, -0.1) is 0 Å². The van der Waals surface area contributed by atoms with Gasteiger partial charge in [0.1, 0.15) is 5.75 Å². The lowest BCUT2D eigenvalue weighted by Crippen LogP contribution is -2.46. The summed E-state index contributed by atoms with van der Waals surface area (Å²) >= 11 is 0. The average molecular weight is 370 g/mol. The number of urea groups is 1. The Morgan fingerprint density at radius 3 is 2.22 bits per heavy atom. The van der Waals surface area contributed by atoms with Crippen LogP contribution in [0.1, 0.15) is 31.0 Å². The maximum atomic E-state index is 12.5. The van der Waals surface area contributed by atoms with Crippen molar-refractivity contribution in [1.29, 1.82) is 0 Å². The molecule has 146 valence electrons. The first-order valence-electron chi connectivity index (χ1n) is 9.40. The molecule has 0 radical (unpaired) electrons. The Morgan fingerprint density at radius 1 is 1.04 bits per heavy atom. The van der Waals surface area contributed by atoms with E-state index in [9.17, 15) is 9.90 Å². The van der Waals surface area contributed by atoms with Gasteiger partial charge in [-0.2, -0.15) is 0 Å². The first-order chi connectivity index (χ1) is 12.9. The van der Waals surface area contributed by atoms with Crippen LogP contribution in [0.2, 0.25) is 0 Å². The van der Waals surface area contributed by atoms with Crippen LogP contribution in [0.15, 0.2) is 54.6 Å². The third-order valence-corrected chi connectivity index (χ3v) is 4.75. The highest BCUT2D eigenvalue weighted by Crippen LogP contribution is 2.21. The van der Waals surface area contributed by atoms with Crippen LogP contribution in [-0.4, -0.2) is 42.7 Å². The Kier molecular flexibility index (Phi) is 7.67. The number of aromatic hydroxyl groups is 1. The lowest BCUT2D eigenvalue weighted by atomic mass is 9.96. The molecular weight excluding hydrogens is 338 g/mol. The van der Waals surface area contributed by atoms with E-state index in [1.807, 2.05) is 56.6 Å². The van der Waals surface area contributed by atoms with Crippen LogP contribution in [0, 0.1) is 5.92 Å². The summed E-state index contributed by atoms with van der Waals surface area (Å²) in [6, 6.07) is 17.2. The van der Waals surface area contributed by atoms with Gasteiger partial charge in [-0.1, -0.05) is 56.3 Å². The number of phenols is 1. The summed E-state index contributed by atoms with van der Waals surface area (Å²) < 4.78 is 0.